The number of carbonyl (C=O) groups is 5. The van der Waals surface area contributed by atoms with Gasteiger partial charge in [-0.3, -0.25) is 48.9 Å². The average Bonchev–Trinajstić information content (AvgIpc) is 3.01. The number of rotatable bonds is 13. The molecule has 0 unspecified atom stereocenters. The minimum atomic E-state index is -1.07. The van der Waals surface area contributed by atoms with Crippen LogP contribution < -0.4 is 9.64 Å². The summed E-state index contributed by atoms with van der Waals surface area (Å²) < 4.78 is 5.33. The topological polar surface area (TPSA) is 215 Å². The lowest BCUT2D eigenvalue weighted by atomic mass is 10.2. The Morgan fingerprint density at radius 1 is 0.660 bits per heavy atom. The summed E-state index contributed by atoms with van der Waals surface area (Å²) >= 11 is 0. The molecule has 0 spiro atoms. The number of esters is 1. The third-order valence-corrected chi connectivity index (χ3v) is 7.30. The van der Waals surface area contributed by atoms with Crippen LogP contribution in [0, 0.1) is 10.1 Å². The quantitative estimate of drug-likeness (QED) is 0.112. The Bertz CT molecular complexity index is 1360. The summed E-state index contributed by atoms with van der Waals surface area (Å²) in [5.74, 6) is -4.42. The van der Waals surface area contributed by atoms with E-state index in [1.807, 2.05) is 0 Å². The second kappa shape index (κ2) is 18.2. The third-order valence-electron chi connectivity index (χ3n) is 7.30. The van der Waals surface area contributed by atoms with E-state index in [0.29, 0.717) is 5.69 Å². The average molecular weight is 659 g/mol. The summed E-state index contributed by atoms with van der Waals surface area (Å²) in [6.45, 7) is 0.201. The van der Waals surface area contributed by atoms with Crippen LogP contribution in [0.3, 0.4) is 0 Å². The Kier molecular flexibility index (Phi) is 14.2. The molecule has 47 heavy (non-hydrogen) atoms. The van der Waals surface area contributed by atoms with Gasteiger partial charge in [-0.1, -0.05) is 18.2 Å². The van der Waals surface area contributed by atoms with Crippen LogP contribution in [0.5, 0.6) is 5.75 Å². The van der Waals surface area contributed by atoms with E-state index in [2.05, 4.69) is 0 Å². The first-order valence-electron chi connectivity index (χ1n) is 14.7. The van der Waals surface area contributed by atoms with Gasteiger partial charge in [-0.25, -0.2) is 4.79 Å². The van der Waals surface area contributed by atoms with Gasteiger partial charge in [0, 0.05) is 70.2 Å². The van der Waals surface area contributed by atoms with Crippen LogP contribution in [0.15, 0.2) is 54.6 Å². The van der Waals surface area contributed by atoms with E-state index in [-0.39, 0.29) is 90.0 Å². The molecule has 1 aliphatic heterocycles. The number of hydrogen-bond donors (Lipinski definition) is 3. The molecule has 1 heterocycles. The largest absolute Gasteiger partial charge is 0.480 e. The number of nitrogens with zero attached hydrogens (tertiary/aromatic N) is 6. The highest BCUT2D eigenvalue weighted by Gasteiger charge is 2.25. The van der Waals surface area contributed by atoms with Crippen LogP contribution in [-0.2, 0) is 24.0 Å². The lowest BCUT2D eigenvalue weighted by molar-refractivity contribution is -0.384. The summed E-state index contributed by atoms with van der Waals surface area (Å²) in [7, 11) is 0. The molecule has 0 atom stereocenters. The van der Waals surface area contributed by atoms with Gasteiger partial charge < -0.3 is 25.0 Å². The van der Waals surface area contributed by atoms with Crippen molar-refractivity contribution >= 4 is 41.2 Å². The molecule has 17 heteroatoms. The molecule has 0 aromatic heterocycles. The van der Waals surface area contributed by atoms with Crippen LogP contribution in [0.2, 0.25) is 0 Å². The molecule has 3 rings (SSSR count). The number of anilines is 1. The van der Waals surface area contributed by atoms with Crippen LogP contribution in [0.1, 0.15) is 0 Å². The molecular weight excluding hydrogens is 620 g/mol. The molecule has 0 bridgehead atoms. The van der Waals surface area contributed by atoms with Crippen LogP contribution >= 0.6 is 0 Å². The molecule has 1 fully saturated rings. The van der Waals surface area contributed by atoms with Gasteiger partial charge in [0.05, 0.1) is 31.1 Å². The summed E-state index contributed by atoms with van der Waals surface area (Å²) in [5, 5.41) is 39.2. The Hall–Kier alpha value is -4.97. The number of carboxylic acid groups (broad SMARTS) is 3. The van der Waals surface area contributed by atoms with Crippen LogP contribution in [0.4, 0.5) is 11.4 Å². The molecule has 2 aromatic rings. The third kappa shape index (κ3) is 13.1. The molecule has 17 nitrogen and oxygen atoms in total. The molecular formula is C30H38N6O11. The molecule has 1 aliphatic rings. The highest BCUT2D eigenvalue weighted by atomic mass is 16.6. The highest BCUT2D eigenvalue weighted by molar-refractivity contribution is 5.99. The van der Waals surface area contributed by atoms with Gasteiger partial charge in [-0.15, -0.1) is 0 Å². The van der Waals surface area contributed by atoms with Crippen molar-refractivity contribution < 1.29 is 49.0 Å². The van der Waals surface area contributed by atoms with Crippen molar-refractivity contribution in [3.8, 4) is 5.75 Å². The molecule has 0 saturated carbocycles. The number of para-hydroxylation sites is 1. The predicted octanol–water partition coefficient (Wildman–Crippen LogP) is 0.00880. The maximum atomic E-state index is 13.8. The highest BCUT2D eigenvalue weighted by Crippen LogP contribution is 2.19. The second-order valence-electron chi connectivity index (χ2n) is 10.8. The van der Waals surface area contributed by atoms with Crippen LogP contribution in [0.25, 0.3) is 0 Å². The van der Waals surface area contributed by atoms with Gasteiger partial charge in [0.25, 0.3) is 5.69 Å². The Balaban J connectivity index is 1.79. The standard InChI is InChI=1S/C30H38N6O11/c37-26(35(23-4-2-1-3-5-23)22-30(44)47-25-8-6-24(7-9-25)36(45)46)18-31-10-12-32(19-27(38)39)14-16-34(21-29(42)43)17-15-33(13-11-31)20-28(40)41/h1-9H,10-22H2,(H,38,39)(H,40,41)(H,42,43). The molecule has 2 aromatic carbocycles. The van der Waals surface area contributed by atoms with E-state index in [1.165, 1.54) is 29.2 Å². The monoisotopic (exact) mass is 658 g/mol. The number of non-ortho nitro benzene ring substituents is 1. The van der Waals surface area contributed by atoms with Crippen molar-refractivity contribution in [2.75, 3.05) is 90.0 Å². The lowest BCUT2D eigenvalue weighted by Crippen LogP contribution is -2.50. The molecule has 1 amide bonds. The van der Waals surface area contributed by atoms with Crippen molar-refractivity contribution in [3.63, 3.8) is 0 Å². The SMILES string of the molecule is O=C(O)CN1CCN(CC(=O)O)CCN(CC(=O)N(CC(=O)Oc2ccc([N+](=O)[O-])cc2)c2ccccc2)CCN(CC(=O)O)CC1. The fourth-order valence-corrected chi connectivity index (χ4v) is 4.92. The first-order valence-corrected chi connectivity index (χ1v) is 14.7. The summed E-state index contributed by atoms with van der Waals surface area (Å²) in [6.07, 6.45) is 0. The summed E-state index contributed by atoms with van der Waals surface area (Å²) in [6, 6.07) is 13.3. The number of amides is 1. The zero-order valence-electron chi connectivity index (χ0n) is 25.7. The van der Waals surface area contributed by atoms with Crippen molar-refractivity contribution in [3.05, 3.63) is 64.7 Å². The zero-order valence-corrected chi connectivity index (χ0v) is 25.7. The van der Waals surface area contributed by atoms with Crippen molar-refractivity contribution in [1.29, 1.82) is 0 Å². The number of benzene rings is 2. The number of nitro benzene ring substituents is 1. The maximum absolute atomic E-state index is 13.8. The van der Waals surface area contributed by atoms with Gasteiger partial charge in [0.15, 0.2) is 0 Å². The van der Waals surface area contributed by atoms with Crippen molar-refractivity contribution in [2.24, 2.45) is 0 Å². The van der Waals surface area contributed by atoms with E-state index in [4.69, 9.17) is 4.74 Å². The number of carbonyl (C=O) groups excluding carboxylic acids is 2. The first kappa shape index (κ1) is 36.5. The molecule has 254 valence electrons. The maximum Gasteiger partial charge on any atom is 0.331 e. The molecule has 1 saturated heterocycles. The Morgan fingerprint density at radius 3 is 1.45 bits per heavy atom. The van der Waals surface area contributed by atoms with Crippen molar-refractivity contribution in [1.82, 2.24) is 19.6 Å². The minimum absolute atomic E-state index is 0.0584. The number of hydrogen-bond acceptors (Lipinski definition) is 12. The van der Waals surface area contributed by atoms with Gasteiger partial charge in [-0.05, 0) is 24.3 Å². The van der Waals surface area contributed by atoms with Gasteiger partial charge in [-0.2, -0.15) is 0 Å². The minimum Gasteiger partial charge on any atom is -0.480 e. The summed E-state index contributed by atoms with van der Waals surface area (Å²) in [5.41, 5.74) is 0.226. The Morgan fingerprint density at radius 2 is 1.06 bits per heavy atom. The first-order chi connectivity index (χ1) is 22.4. The smallest absolute Gasteiger partial charge is 0.331 e. The summed E-state index contributed by atoms with van der Waals surface area (Å²) in [4.78, 5) is 79.5. The van der Waals surface area contributed by atoms with Crippen LogP contribution in [-0.4, -0.2) is 155 Å². The lowest BCUT2D eigenvalue weighted by Gasteiger charge is -2.33. The van der Waals surface area contributed by atoms with Gasteiger partial charge in [0.2, 0.25) is 5.91 Å². The van der Waals surface area contributed by atoms with Gasteiger partial charge in [0.1, 0.15) is 12.3 Å². The number of carboxylic acids is 3. The van der Waals surface area contributed by atoms with E-state index in [9.17, 15) is 49.4 Å². The zero-order chi connectivity index (χ0) is 34.3. The molecule has 0 aliphatic carbocycles. The number of aliphatic carboxylic acids is 3. The fraction of sp³-hybridized carbons (Fsp3) is 0.433. The van der Waals surface area contributed by atoms with E-state index < -0.39 is 41.3 Å². The molecule has 3 N–H and O–H groups in total. The second-order valence-corrected chi connectivity index (χ2v) is 10.8. The normalized spacial score (nSPS) is 15.9. The number of ether oxygens (including phenoxy) is 1. The van der Waals surface area contributed by atoms with E-state index in [1.54, 1.807) is 49.9 Å². The van der Waals surface area contributed by atoms with E-state index >= 15 is 0 Å². The van der Waals surface area contributed by atoms with Gasteiger partial charge >= 0.3 is 23.9 Å². The van der Waals surface area contributed by atoms with Crippen molar-refractivity contribution in [2.45, 2.75) is 0 Å². The molecule has 0 radical (unpaired) electrons. The number of nitro groups is 1. The Labute approximate surface area is 270 Å². The van der Waals surface area contributed by atoms with E-state index in [0.717, 1.165) is 0 Å². The fourth-order valence-electron chi connectivity index (χ4n) is 4.92. The predicted molar refractivity (Wildman–Crippen MR) is 166 cm³/mol.